The molecule has 0 spiro atoms. The van der Waals surface area contributed by atoms with Crippen molar-refractivity contribution in [3.8, 4) is 0 Å². The van der Waals surface area contributed by atoms with Gasteiger partial charge in [0.1, 0.15) is 5.25 Å². The van der Waals surface area contributed by atoms with Gasteiger partial charge in [-0.2, -0.15) is 0 Å². The van der Waals surface area contributed by atoms with Gasteiger partial charge in [0.2, 0.25) is 0 Å². The predicted octanol–water partition coefficient (Wildman–Crippen LogP) is 5.35. The van der Waals surface area contributed by atoms with Gasteiger partial charge in [-0.15, -0.1) is 23.5 Å². The van der Waals surface area contributed by atoms with E-state index in [0.717, 1.165) is 0 Å². The van der Waals surface area contributed by atoms with Crippen molar-refractivity contribution in [3.05, 3.63) is 58.7 Å². The quantitative estimate of drug-likeness (QED) is 0.513. The molecule has 4 heteroatoms. The summed E-state index contributed by atoms with van der Waals surface area (Å²) < 4.78 is 5.04. The molecule has 128 valence electrons. The molecule has 0 aliphatic carbocycles. The number of hydrogen-bond donors (Lipinski definition) is 0. The van der Waals surface area contributed by atoms with Gasteiger partial charge < -0.3 is 4.74 Å². The SMILES string of the molecule is COC(=O)C(CSc1c(C)cccc1C)Sc1c(C)cccc1C. The summed E-state index contributed by atoms with van der Waals surface area (Å²) in [5.41, 5.74) is 4.90. The second kappa shape index (κ2) is 8.63. The van der Waals surface area contributed by atoms with Crippen LogP contribution in [-0.2, 0) is 9.53 Å². The molecule has 0 bridgehead atoms. The first-order valence-corrected chi connectivity index (χ1v) is 9.80. The number of ether oxygens (including phenoxy) is 1. The molecule has 24 heavy (non-hydrogen) atoms. The first kappa shape index (κ1) is 18.9. The zero-order chi connectivity index (χ0) is 17.7. The van der Waals surface area contributed by atoms with Gasteiger partial charge in [-0.1, -0.05) is 36.4 Å². The molecule has 0 aliphatic rings. The number of benzene rings is 2. The molecule has 0 radical (unpaired) electrons. The third-order valence-corrected chi connectivity index (χ3v) is 7.09. The second-order valence-electron chi connectivity index (χ2n) is 5.88. The highest BCUT2D eigenvalue weighted by Gasteiger charge is 2.23. The van der Waals surface area contributed by atoms with Crippen LogP contribution in [0.5, 0.6) is 0 Å². The molecule has 0 saturated carbocycles. The van der Waals surface area contributed by atoms with Gasteiger partial charge in [-0.05, 0) is 49.9 Å². The third-order valence-electron chi connectivity index (χ3n) is 3.92. The Morgan fingerprint density at radius 3 is 1.83 bits per heavy atom. The molecule has 0 N–H and O–H groups in total. The number of aryl methyl sites for hydroxylation is 4. The van der Waals surface area contributed by atoms with E-state index in [4.69, 9.17) is 4.74 Å². The lowest BCUT2D eigenvalue weighted by molar-refractivity contribution is -0.139. The van der Waals surface area contributed by atoms with Crippen LogP contribution < -0.4 is 0 Å². The van der Waals surface area contributed by atoms with Gasteiger partial charge in [-0.3, -0.25) is 4.79 Å². The molecule has 2 nitrogen and oxygen atoms in total. The highest BCUT2D eigenvalue weighted by molar-refractivity contribution is 8.04. The van der Waals surface area contributed by atoms with Crippen LogP contribution in [0.1, 0.15) is 22.3 Å². The van der Waals surface area contributed by atoms with Crippen LogP contribution in [-0.4, -0.2) is 24.1 Å². The van der Waals surface area contributed by atoms with Gasteiger partial charge in [-0.25, -0.2) is 0 Å². The van der Waals surface area contributed by atoms with Crippen molar-refractivity contribution < 1.29 is 9.53 Å². The Morgan fingerprint density at radius 1 is 0.917 bits per heavy atom. The fraction of sp³-hybridized carbons (Fsp3) is 0.350. The maximum Gasteiger partial charge on any atom is 0.320 e. The molecule has 0 aromatic heterocycles. The maximum absolute atomic E-state index is 12.3. The summed E-state index contributed by atoms with van der Waals surface area (Å²) in [4.78, 5) is 14.7. The summed E-state index contributed by atoms with van der Waals surface area (Å²) in [5.74, 6) is 0.526. The Kier molecular flexibility index (Phi) is 6.81. The van der Waals surface area contributed by atoms with Crippen molar-refractivity contribution in [2.24, 2.45) is 0 Å². The minimum atomic E-state index is -0.223. The smallest absolute Gasteiger partial charge is 0.320 e. The molecule has 2 aromatic rings. The van der Waals surface area contributed by atoms with Gasteiger partial charge in [0, 0.05) is 15.5 Å². The molecule has 0 amide bonds. The Balaban J connectivity index is 2.19. The fourth-order valence-electron chi connectivity index (χ4n) is 2.59. The number of hydrogen-bond acceptors (Lipinski definition) is 4. The van der Waals surface area contributed by atoms with Gasteiger partial charge in [0.15, 0.2) is 0 Å². The van der Waals surface area contributed by atoms with E-state index in [1.807, 2.05) is 6.07 Å². The van der Waals surface area contributed by atoms with Gasteiger partial charge >= 0.3 is 5.97 Å². The molecular weight excluding hydrogens is 336 g/mol. The zero-order valence-electron chi connectivity index (χ0n) is 14.9. The monoisotopic (exact) mass is 360 g/mol. The lowest BCUT2D eigenvalue weighted by Crippen LogP contribution is -2.21. The van der Waals surface area contributed by atoms with E-state index in [1.54, 1.807) is 23.5 Å². The van der Waals surface area contributed by atoms with E-state index in [9.17, 15) is 4.79 Å². The molecule has 0 fully saturated rings. The Labute approximate surface area is 153 Å². The Hall–Kier alpha value is -1.39. The first-order valence-electron chi connectivity index (χ1n) is 7.93. The van der Waals surface area contributed by atoms with E-state index < -0.39 is 0 Å². The number of carbonyl (C=O) groups is 1. The summed E-state index contributed by atoms with van der Waals surface area (Å²) in [6.07, 6.45) is 0. The Bertz CT molecular complexity index is 685. The minimum Gasteiger partial charge on any atom is -0.468 e. The van der Waals surface area contributed by atoms with Crippen LogP contribution in [0.3, 0.4) is 0 Å². The molecule has 0 heterocycles. The van der Waals surface area contributed by atoms with Crippen molar-refractivity contribution in [2.75, 3.05) is 12.9 Å². The van der Waals surface area contributed by atoms with E-state index in [0.29, 0.717) is 5.75 Å². The summed E-state index contributed by atoms with van der Waals surface area (Å²) in [6, 6.07) is 12.5. The molecular formula is C20H24O2S2. The predicted molar refractivity (Wildman–Crippen MR) is 104 cm³/mol. The fourth-order valence-corrected chi connectivity index (χ4v) is 5.10. The van der Waals surface area contributed by atoms with Crippen LogP contribution >= 0.6 is 23.5 Å². The molecule has 2 rings (SSSR count). The second-order valence-corrected chi connectivity index (χ2v) is 8.13. The van der Waals surface area contributed by atoms with Gasteiger partial charge in [0.05, 0.1) is 7.11 Å². The lowest BCUT2D eigenvalue weighted by atomic mass is 10.2. The van der Waals surface area contributed by atoms with E-state index in [2.05, 4.69) is 58.0 Å². The summed E-state index contributed by atoms with van der Waals surface area (Å²) in [5, 5.41) is -0.223. The molecule has 2 aromatic carbocycles. The maximum atomic E-state index is 12.3. The summed E-state index contributed by atoms with van der Waals surface area (Å²) in [7, 11) is 1.46. The Morgan fingerprint density at radius 2 is 1.38 bits per heavy atom. The topological polar surface area (TPSA) is 26.3 Å². The van der Waals surface area contributed by atoms with Crippen LogP contribution in [0.2, 0.25) is 0 Å². The largest absolute Gasteiger partial charge is 0.468 e. The van der Waals surface area contributed by atoms with E-state index in [1.165, 1.54) is 39.2 Å². The van der Waals surface area contributed by atoms with Gasteiger partial charge in [0.25, 0.3) is 0 Å². The standard InChI is InChI=1S/C20H24O2S2/c1-13-8-6-9-14(2)18(13)23-12-17(20(21)22-5)24-19-15(3)10-7-11-16(19)4/h6-11,17H,12H2,1-5H3. The summed E-state index contributed by atoms with van der Waals surface area (Å²) >= 11 is 3.34. The van der Waals surface area contributed by atoms with Crippen molar-refractivity contribution in [1.82, 2.24) is 0 Å². The van der Waals surface area contributed by atoms with Crippen molar-refractivity contribution in [2.45, 2.75) is 42.7 Å². The molecule has 1 atom stereocenters. The van der Waals surface area contributed by atoms with Crippen molar-refractivity contribution in [1.29, 1.82) is 0 Å². The van der Waals surface area contributed by atoms with Crippen molar-refractivity contribution in [3.63, 3.8) is 0 Å². The first-order chi connectivity index (χ1) is 11.4. The number of methoxy groups -OCH3 is 1. The van der Waals surface area contributed by atoms with Crippen LogP contribution in [0, 0.1) is 27.7 Å². The lowest BCUT2D eigenvalue weighted by Gasteiger charge is -2.18. The summed E-state index contributed by atoms with van der Waals surface area (Å²) in [6.45, 7) is 8.40. The average Bonchev–Trinajstić information content (AvgIpc) is 2.55. The van der Waals surface area contributed by atoms with Crippen LogP contribution in [0.15, 0.2) is 46.2 Å². The minimum absolute atomic E-state index is 0.165. The van der Waals surface area contributed by atoms with E-state index >= 15 is 0 Å². The van der Waals surface area contributed by atoms with Crippen molar-refractivity contribution >= 4 is 29.5 Å². The zero-order valence-corrected chi connectivity index (χ0v) is 16.5. The number of carbonyl (C=O) groups excluding carboxylic acids is 1. The average molecular weight is 361 g/mol. The number of rotatable bonds is 6. The van der Waals surface area contributed by atoms with Crippen LogP contribution in [0.25, 0.3) is 0 Å². The highest BCUT2D eigenvalue weighted by Crippen LogP contribution is 2.35. The third kappa shape index (κ3) is 4.58. The number of thioether (sulfide) groups is 2. The van der Waals surface area contributed by atoms with Crippen LogP contribution in [0.4, 0.5) is 0 Å². The van der Waals surface area contributed by atoms with E-state index in [-0.39, 0.29) is 11.2 Å². The highest BCUT2D eigenvalue weighted by atomic mass is 32.2. The molecule has 0 saturated heterocycles. The normalized spacial score (nSPS) is 12.0. The molecule has 0 aliphatic heterocycles. The molecule has 1 unspecified atom stereocenters. The number of esters is 1.